The van der Waals surface area contributed by atoms with Gasteiger partial charge in [-0.05, 0) is 55.7 Å². The van der Waals surface area contributed by atoms with E-state index in [4.69, 9.17) is 0 Å². The molecular weight excluding hydrogens is 374 g/mol. The molecule has 1 amide bonds. The predicted molar refractivity (Wildman–Crippen MR) is 111 cm³/mol. The number of hydrogen-bond donors (Lipinski definition) is 3. The average Bonchev–Trinajstić information content (AvgIpc) is 3.11. The first-order valence-electron chi connectivity index (χ1n) is 9.36. The number of H-pyrrole nitrogens is 1. The van der Waals surface area contributed by atoms with Gasteiger partial charge in [0.25, 0.3) is 5.91 Å². The molecule has 1 aromatic heterocycles. The summed E-state index contributed by atoms with van der Waals surface area (Å²) in [6.07, 6.45) is 3.37. The van der Waals surface area contributed by atoms with E-state index in [2.05, 4.69) is 21.1 Å². The predicted octanol–water partition coefficient (Wildman–Crippen LogP) is 3.22. The Kier molecular flexibility index (Phi) is 6.16. The molecule has 0 aliphatic heterocycles. The lowest BCUT2D eigenvalue weighted by Crippen LogP contribution is -2.32. The minimum Gasteiger partial charge on any atom is -0.361 e. The molecule has 7 heteroatoms. The number of aromatic amines is 1. The molecule has 0 saturated heterocycles. The van der Waals surface area contributed by atoms with Gasteiger partial charge in [-0.1, -0.05) is 25.1 Å². The van der Waals surface area contributed by atoms with Crippen molar-refractivity contribution in [2.24, 2.45) is 0 Å². The van der Waals surface area contributed by atoms with Crippen LogP contribution in [0.15, 0.2) is 59.6 Å². The normalized spacial score (nSPS) is 12.8. The first-order valence-corrected chi connectivity index (χ1v) is 10.8. The summed E-state index contributed by atoms with van der Waals surface area (Å²) in [5.41, 5.74) is 2.65. The van der Waals surface area contributed by atoms with Crippen LogP contribution in [-0.2, 0) is 16.4 Å². The zero-order chi connectivity index (χ0) is 20.1. The Morgan fingerprint density at radius 2 is 1.82 bits per heavy atom. The van der Waals surface area contributed by atoms with Crippen LogP contribution in [0, 0.1) is 0 Å². The second kappa shape index (κ2) is 8.58. The highest BCUT2D eigenvalue weighted by Crippen LogP contribution is 2.18. The molecule has 1 atom stereocenters. The van der Waals surface area contributed by atoms with E-state index >= 15 is 0 Å². The number of benzene rings is 2. The summed E-state index contributed by atoms with van der Waals surface area (Å²) in [5.74, 6) is -0.223. The minimum atomic E-state index is -3.57. The summed E-state index contributed by atoms with van der Waals surface area (Å²) in [6.45, 7) is 4.22. The van der Waals surface area contributed by atoms with E-state index in [9.17, 15) is 13.2 Å². The lowest BCUT2D eigenvalue weighted by molar-refractivity contribution is 0.0954. The lowest BCUT2D eigenvalue weighted by atomic mass is 10.1. The molecule has 0 aliphatic rings. The Morgan fingerprint density at radius 1 is 1.11 bits per heavy atom. The van der Waals surface area contributed by atoms with E-state index in [1.54, 1.807) is 0 Å². The third kappa shape index (κ3) is 4.61. The number of carbonyl (C=O) groups is 1. The minimum absolute atomic E-state index is 0.141. The molecule has 1 unspecified atom stereocenters. The third-order valence-electron chi connectivity index (χ3n) is 4.75. The van der Waals surface area contributed by atoms with Crippen LogP contribution < -0.4 is 10.0 Å². The van der Waals surface area contributed by atoms with Gasteiger partial charge in [0.1, 0.15) is 0 Å². The summed E-state index contributed by atoms with van der Waals surface area (Å²) < 4.78 is 27.2. The molecular formula is C21H25N3O3S. The molecule has 148 valence electrons. The first-order chi connectivity index (χ1) is 13.4. The van der Waals surface area contributed by atoms with Crippen molar-refractivity contribution >= 4 is 26.8 Å². The maximum atomic E-state index is 12.3. The molecule has 3 N–H and O–H groups in total. The maximum Gasteiger partial charge on any atom is 0.251 e. The van der Waals surface area contributed by atoms with Gasteiger partial charge in [-0.25, -0.2) is 13.1 Å². The van der Waals surface area contributed by atoms with Crippen LogP contribution in [0.5, 0.6) is 0 Å². The highest BCUT2D eigenvalue weighted by molar-refractivity contribution is 7.89. The molecule has 2 aromatic carbocycles. The van der Waals surface area contributed by atoms with Crippen molar-refractivity contribution in [3.63, 3.8) is 0 Å². The number of aromatic nitrogens is 1. The molecule has 0 spiro atoms. The van der Waals surface area contributed by atoms with Gasteiger partial charge in [0.15, 0.2) is 0 Å². The zero-order valence-corrected chi connectivity index (χ0v) is 16.8. The van der Waals surface area contributed by atoms with Crippen LogP contribution in [-0.4, -0.2) is 31.9 Å². The lowest BCUT2D eigenvalue weighted by Gasteiger charge is -2.12. The largest absolute Gasteiger partial charge is 0.361 e. The Balaban J connectivity index is 1.59. The number of para-hydroxylation sites is 1. The molecule has 28 heavy (non-hydrogen) atoms. The Bertz CT molecular complexity index is 1060. The van der Waals surface area contributed by atoms with Crippen molar-refractivity contribution in [2.45, 2.75) is 37.6 Å². The zero-order valence-electron chi connectivity index (χ0n) is 16.0. The Labute approximate surface area is 165 Å². The van der Waals surface area contributed by atoms with Gasteiger partial charge in [-0.2, -0.15) is 0 Å². The average molecular weight is 400 g/mol. The number of sulfonamides is 1. The van der Waals surface area contributed by atoms with Crippen LogP contribution in [0.25, 0.3) is 10.9 Å². The molecule has 1 heterocycles. The summed E-state index contributed by atoms with van der Waals surface area (Å²) >= 11 is 0. The second-order valence-corrected chi connectivity index (χ2v) is 8.53. The van der Waals surface area contributed by atoms with E-state index in [0.29, 0.717) is 24.9 Å². The van der Waals surface area contributed by atoms with E-state index in [1.165, 1.54) is 24.3 Å². The molecule has 0 aliphatic carbocycles. The van der Waals surface area contributed by atoms with Crippen molar-refractivity contribution in [1.29, 1.82) is 0 Å². The molecule has 0 fully saturated rings. The van der Waals surface area contributed by atoms with Gasteiger partial charge in [-0.3, -0.25) is 4.79 Å². The monoisotopic (exact) mass is 399 g/mol. The van der Waals surface area contributed by atoms with Gasteiger partial charge >= 0.3 is 0 Å². The molecule has 3 aromatic rings. The number of nitrogens with one attached hydrogen (secondary N) is 3. The number of rotatable bonds is 8. The van der Waals surface area contributed by atoms with Crippen molar-refractivity contribution in [3.8, 4) is 0 Å². The fraction of sp³-hybridized carbons (Fsp3) is 0.286. The standard InChI is InChI=1S/C21H25N3O3S/c1-3-15(2)24-28(26,27)18-10-8-16(9-11-18)21(25)22-13-12-17-14-23-20-7-5-4-6-19(17)20/h4-11,14-15,23-24H,3,12-13H2,1-2H3,(H,22,25). The van der Waals surface area contributed by atoms with Gasteiger partial charge in [0.2, 0.25) is 10.0 Å². The maximum absolute atomic E-state index is 12.3. The fourth-order valence-electron chi connectivity index (χ4n) is 2.95. The smallest absolute Gasteiger partial charge is 0.251 e. The van der Waals surface area contributed by atoms with Crippen molar-refractivity contribution < 1.29 is 13.2 Å². The number of amides is 1. The number of carbonyl (C=O) groups excluding carboxylic acids is 1. The molecule has 0 bridgehead atoms. The number of hydrogen-bond acceptors (Lipinski definition) is 3. The third-order valence-corrected chi connectivity index (χ3v) is 6.36. The van der Waals surface area contributed by atoms with Gasteiger partial charge in [0, 0.05) is 35.2 Å². The van der Waals surface area contributed by atoms with Crippen LogP contribution in [0.1, 0.15) is 36.2 Å². The molecule has 6 nitrogen and oxygen atoms in total. The van der Waals surface area contributed by atoms with Gasteiger partial charge in [0.05, 0.1) is 4.90 Å². The SMILES string of the molecule is CCC(C)NS(=O)(=O)c1ccc(C(=O)NCCc2c[nH]c3ccccc23)cc1. The summed E-state index contributed by atoms with van der Waals surface area (Å²) in [4.78, 5) is 15.7. The first kappa shape index (κ1) is 20.1. The van der Waals surface area contributed by atoms with Crippen molar-refractivity contribution in [1.82, 2.24) is 15.0 Å². The van der Waals surface area contributed by atoms with Crippen LogP contribution in [0.3, 0.4) is 0 Å². The van der Waals surface area contributed by atoms with Crippen molar-refractivity contribution in [2.75, 3.05) is 6.54 Å². The Hall–Kier alpha value is -2.64. The fourth-order valence-corrected chi connectivity index (χ4v) is 4.28. The van der Waals surface area contributed by atoms with E-state index < -0.39 is 10.0 Å². The molecule has 3 rings (SSSR count). The summed E-state index contributed by atoms with van der Waals surface area (Å²) in [6, 6.07) is 13.9. The van der Waals surface area contributed by atoms with Gasteiger partial charge < -0.3 is 10.3 Å². The van der Waals surface area contributed by atoms with E-state index in [1.807, 2.05) is 38.2 Å². The molecule has 0 radical (unpaired) electrons. The summed E-state index contributed by atoms with van der Waals surface area (Å²) in [5, 5.41) is 4.04. The van der Waals surface area contributed by atoms with Crippen molar-refractivity contribution in [3.05, 3.63) is 65.9 Å². The van der Waals surface area contributed by atoms with Crippen LogP contribution in [0.4, 0.5) is 0 Å². The van der Waals surface area contributed by atoms with E-state index in [-0.39, 0.29) is 16.8 Å². The highest BCUT2D eigenvalue weighted by Gasteiger charge is 2.17. The van der Waals surface area contributed by atoms with E-state index in [0.717, 1.165) is 16.5 Å². The number of fused-ring (bicyclic) bond motifs is 1. The quantitative estimate of drug-likeness (QED) is 0.543. The molecule has 0 saturated carbocycles. The Morgan fingerprint density at radius 3 is 2.54 bits per heavy atom. The highest BCUT2D eigenvalue weighted by atomic mass is 32.2. The van der Waals surface area contributed by atoms with Crippen LogP contribution >= 0.6 is 0 Å². The second-order valence-electron chi connectivity index (χ2n) is 6.82. The summed E-state index contributed by atoms with van der Waals surface area (Å²) in [7, 11) is -3.57. The van der Waals surface area contributed by atoms with Gasteiger partial charge in [-0.15, -0.1) is 0 Å². The topological polar surface area (TPSA) is 91.1 Å². The van der Waals surface area contributed by atoms with Crippen LogP contribution in [0.2, 0.25) is 0 Å².